The van der Waals surface area contributed by atoms with E-state index in [0.29, 0.717) is 0 Å². The molecule has 21 heavy (non-hydrogen) atoms. The number of benzene rings is 1. The number of rotatable bonds is 6. The summed E-state index contributed by atoms with van der Waals surface area (Å²) < 4.78 is 26.9. The summed E-state index contributed by atoms with van der Waals surface area (Å²) in [5, 5.41) is 11.5. The quantitative estimate of drug-likeness (QED) is 0.752. The molecule has 1 aromatic rings. The third kappa shape index (κ3) is 4.00. The summed E-state index contributed by atoms with van der Waals surface area (Å²) >= 11 is 2.83. The van der Waals surface area contributed by atoms with E-state index in [1.165, 1.54) is 0 Å². The second-order valence-corrected chi connectivity index (χ2v) is 5.62. The summed E-state index contributed by atoms with van der Waals surface area (Å²) in [6.45, 7) is 3.34. The highest BCUT2D eigenvalue weighted by Crippen LogP contribution is 2.32. The lowest BCUT2D eigenvalue weighted by molar-refractivity contribution is -0.151. The highest BCUT2D eigenvalue weighted by Gasteiger charge is 2.37. The molecule has 0 aliphatic rings. The Bertz CT molecular complexity index is 559. The topological polar surface area (TPSA) is 66.4 Å². The van der Waals surface area contributed by atoms with Gasteiger partial charge in [-0.25, -0.2) is 8.78 Å². The van der Waals surface area contributed by atoms with Crippen LogP contribution in [-0.4, -0.2) is 17.0 Å². The Morgan fingerprint density at radius 2 is 1.81 bits per heavy atom. The number of halogens is 3. The molecule has 0 unspecified atom stereocenters. The van der Waals surface area contributed by atoms with E-state index in [1.54, 1.807) is 13.8 Å². The first-order chi connectivity index (χ1) is 9.75. The molecule has 0 fully saturated rings. The molecule has 0 saturated heterocycles. The maximum atomic E-state index is 13.6. The van der Waals surface area contributed by atoms with Crippen molar-refractivity contribution < 1.29 is 23.5 Å². The highest BCUT2D eigenvalue weighted by molar-refractivity contribution is 9.10. The van der Waals surface area contributed by atoms with Crippen LogP contribution < -0.4 is 5.32 Å². The van der Waals surface area contributed by atoms with Crippen LogP contribution in [0.25, 0.3) is 0 Å². The Balaban J connectivity index is 2.92. The van der Waals surface area contributed by atoms with Gasteiger partial charge in [0.05, 0.1) is 15.6 Å². The van der Waals surface area contributed by atoms with Gasteiger partial charge < -0.3 is 10.4 Å². The molecule has 1 aromatic carbocycles. The number of hydrogen-bond donors (Lipinski definition) is 2. The van der Waals surface area contributed by atoms with Gasteiger partial charge in [0.2, 0.25) is 5.91 Å². The Kier molecular flexibility index (Phi) is 5.83. The number of aliphatic carboxylic acids is 1. The van der Waals surface area contributed by atoms with Crippen LogP contribution in [-0.2, 0) is 9.59 Å². The van der Waals surface area contributed by atoms with E-state index in [9.17, 15) is 23.5 Å². The van der Waals surface area contributed by atoms with E-state index in [0.717, 1.165) is 12.1 Å². The van der Waals surface area contributed by atoms with Crippen molar-refractivity contribution in [2.24, 2.45) is 5.41 Å². The molecule has 0 aromatic heterocycles. The van der Waals surface area contributed by atoms with Crippen LogP contribution in [0.3, 0.4) is 0 Å². The van der Waals surface area contributed by atoms with E-state index in [-0.39, 0.29) is 29.4 Å². The van der Waals surface area contributed by atoms with Crippen LogP contribution >= 0.6 is 15.9 Å². The maximum absolute atomic E-state index is 13.6. The van der Waals surface area contributed by atoms with Crippen molar-refractivity contribution in [3.8, 4) is 0 Å². The molecule has 0 aliphatic carbocycles. The van der Waals surface area contributed by atoms with Gasteiger partial charge in [-0.1, -0.05) is 13.8 Å². The zero-order chi connectivity index (χ0) is 16.2. The number of hydrogen-bond acceptors (Lipinski definition) is 2. The fourth-order valence-corrected chi connectivity index (χ4v) is 2.31. The predicted octanol–water partition coefficient (Wildman–Crippen LogP) is 3.95. The highest BCUT2D eigenvalue weighted by atomic mass is 79.9. The molecule has 2 N–H and O–H groups in total. The fraction of sp³-hybridized carbons (Fsp3) is 0.429. The lowest BCUT2D eigenvalue weighted by atomic mass is 9.79. The Hall–Kier alpha value is -1.50. The second kappa shape index (κ2) is 6.98. The summed E-state index contributed by atoms with van der Waals surface area (Å²) in [5.41, 5.74) is -1.51. The van der Waals surface area contributed by atoms with Crippen LogP contribution in [0, 0.1) is 17.0 Å². The number of anilines is 1. The number of amides is 1. The minimum Gasteiger partial charge on any atom is -0.481 e. The van der Waals surface area contributed by atoms with Gasteiger partial charge in [-0.2, -0.15) is 0 Å². The van der Waals surface area contributed by atoms with Gasteiger partial charge in [0.1, 0.15) is 11.6 Å². The van der Waals surface area contributed by atoms with Crippen molar-refractivity contribution in [3.63, 3.8) is 0 Å². The van der Waals surface area contributed by atoms with Gasteiger partial charge >= 0.3 is 5.97 Å². The number of carbonyl (C=O) groups excluding carboxylic acids is 1. The van der Waals surface area contributed by atoms with Crippen LogP contribution in [0.15, 0.2) is 16.6 Å². The van der Waals surface area contributed by atoms with Crippen LogP contribution in [0.5, 0.6) is 0 Å². The first-order valence-electron chi connectivity index (χ1n) is 6.43. The zero-order valence-corrected chi connectivity index (χ0v) is 13.3. The smallest absolute Gasteiger partial charge is 0.310 e. The van der Waals surface area contributed by atoms with Crippen molar-refractivity contribution in [2.75, 3.05) is 5.32 Å². The monoisotopic (exact) mass is 363 g/mol. The molecule has 0 radical (unpaired) electrons. The third-order valence-corrected chi connectivity index (χ3v) is 4.20. The normalized spacial score (nSPS) is 11.3. The van der Waals surface area contributed by atoms with Crippen molar-refractivity contribution in [2.45, 2.75) is 33.1 Å². The third-order valence-electron chi connectivity index (χ3n) is 3.59. The van der Waals surface area contributed by atoms with E-state index in [4.69, 9.17) is 0 Å². The summed E-state index contributed by atoms with van der Waals surface area (Å²) in [6, 6.07) is 1.74. The SMILES string of the molecule is CCC(CC)(CC(=O)Nc1cc(F)c(Br)cc1F)C(=O)O. The van der Waals surface area contributed by atoms with Crippen molar-refractivity contribution in [3.05, 3.63) is 28.2 Å². The summed E-state index contributed by atoms with van der Waals surface area (Å²) in [5.74, 6) is -3.26. The molecular formula is C14H16BrF2NO3. The Labute approximate surface area is 129 Å². The lowest BCUT2D eigenvalue weighted by Gasteiger charge is -2.25. The van der Waals surface area contributed by atoms with E-state index < -0.39 is 28.9 Å². The van der Waals surface area contributed by atoms with Crippen LogP contribution in [0.1, 0.15) is 33.1 Å². The standard InChI is InChI=1S/C14H16BrF2NO3/c1-3-14(4-2,13(20)21)7-12(19)18-11-6-9(16)8(15)5-10(11)17/h5-6H,3-4,7H2,1-2H3,(H,18,19)(H,20,21). The number of carbonyl (C=O) groups is 2. The molecule has 0 aliphatic heterocycles. The number of carboxylic acids is 1. The molecule has 1 amide bonds. The zero-order valence-electron chi connectivity index (χ0n) is 11.7. The van der Waals surface area contributed by atoms with E-state index in [2.05, 4.69) is 21.2 Å². The molecule has 4 nitrogen and oxygen atoms in total. The van der Waals surface area contributed by atoms with Gasteiger partial charge in [-0.3, -0.25) is 9.59 Å². The predicted molar refractivity (Wildman–Crippen MR) is 78.0 cm³/mol. The van der Waals surface area contributed by atoms with E-state index >= 15 is 0 Å². The molecule has 0 atom stereocenters. The van der Waals surface area contributed by atoms with Crippen molar-refractivity contribution in [1.82, 2.24) is 0 Å². The van der Waals surface area contributed by atoms with Gasteiger partial charge in [-0.05, 0) is 34.8 Å². The molecule has 1 rings (SSSR count). The van der Waals surface area contributed by atoms with Gasteiger partial charge in [0, 0.05) is 12.5 Å². The molecule has 7 heteroatoms. The molecule has 0 spiro atoms. The second-order valence-electron chi connectivity index (χ2n) is 4.76. The molecule has 0 heterocycles. The fourth-order valence-electron chi connectivity index (χ4n) is 2.00. The van der Waals surface area contributed by atoms with Crippen LogP contribution in [0.2, 0.25) is 0 Å². The Morgan fingerprint density at radius 3 is 2.29 bits per heavy atom. The van der Waals surface area contributed by atoms with Crippen LogP contribution in [0.4, 0.5) is 14.5 Å². The molecule has 0 bridgehead atoms. The maximum Gasteiger partial charge on any atom is 0.310 e. The summed E-state index contributed by atoms with van der Waals surface area (Å²) in [7, 11) is 0. The van der Waals surface area contributed by atoms with Gasteiger partial charge in [0.25, 0.3) is 0 Å². The van der Waals surface area contributed by atoms with Crippen molar-refractivity contribution >= 4 is 33.5 Å². The average Bonchev–Trinajstić information content (AvgIpc) is 2.42. The number of nitrogens with one attached hydrogen (secondary N) is 1. The first-order valence-corrected chi connectivity index (χ1v) is 7.22. The molecule has 0 saturated carbocycles. The summed E-state index contributed by atoms with van der Waals surface area (Å²) in [6.07, 6.45) is 0.235. The summed E-state index contributed by atoms with van der Waals surface area (Å²) in [4.78, 5) is 23.2. The van der Waals surface area contributed by atoms with Gasteiger partial charge in [-0.15, -0.1) is 0 Å². The van der Waals surface area contributed by atoms with Crippen molar-refractivity contribution in [1.29, 1.82) is 0 Å². The minimum atomic E-state index is -1.20. The molecule has 116 valence electrons. The first kappa shape index (κ1) is 17.6. The van der Waals surface area contributed by atoms with Gasteiger partial charge in [0.15, 0.2) is 0 Å². The molecular weight excluding hydrogens is 348 g/mol. The van der Waals surface area contributed by atoms with E-state index in [1.807, 2.05) is 0 Å². The minimum absolute atomic E-state index is 0.0556. The largest absolute Gasteiger partial charge is 0.481 e. The lowest BCUT2D eigenvalue weighted by Crippen LogP contribution is -2.34. The number of carboxylic acid groups (broad SMARTS) is 1. The average molecular weight is 364 g/mol. The Morgan fingerprint density at radius 1 is 1.24 bits per heavy atom.